The van der Waals surface area contributed by atoms with E-state index in [1.807, 2.05) is 6.07 Å². The highest BCUT2D eigenvalue weighted by molar-refractivity contribution is 7.99. The minimum Gasteiger partial charge on any atom is -0.493 e. The average molecular weight is 308 g/mol. The Labute approximate surface area is 126 Å². The Morgan fingerprint density at radius 2 is 2.05 bits per heavy atom. The standard InChI is InChI=1S/C14H14ClN3OS/c15-12-2-1-7-18-14(12)20-9-8-19-11-5-3-10(4-6-11)13(16)17/h1-7H,8-9H2,(H3,16,17). The van der Waals surface area contributed by atoms with E-state index in [0.29, 0.717) is 17.2 Å². The van der Waals surface area contributed by atoms with Crippen LogP contribution in [0.2, 0.25) is 5.02 Å². The van der Waals surface area contributed by atoms with Crippen molar-refractivity contribution in [3.05, 3.63) is 53.2 Å². The first kappa shape index (κ1) is 14.7. The van der Waals surface area contributed by atoms with Crippen molar-refractivity contribution in [1.29, 1.82) is 5.41 Å². The average Bonchev–Trinajstić information content (AvgIpc) is 2.46. The molecule has 0 unspecified atom stereocenters. The number of rotatable bonds is 6. The molecule has 3 N–H and O–H groups in total. The van der Waals surface area contributed by atoms with Crippen molar-refractivity contribution in [2.45, 2.75) is 5.03 Å². The first-order valence-electron chi connectivity index (χ1n) is 5.97. The number of halogens is 1. The Bertz CT molecular complexity index is 589. The molecular formula is C14H14ClN3OS. The molecule has 2 aromatic rings. The number of nitrogens with two attached hydrogens (primary N) is 1. The number of amidine groups is 1. The highest BCUT2D eigenvalue weighted by Crippen LogP contribution is 2.24. The molecule has 0 aliphatic heterocycles. The van der Waals surface area contributed by atoms with E-state index in [9.17, 15) is 0 Å². The van der Waals surface area contributed by atoms with E-state index in [0.717, 1.165) is 16.5 Å². The largest absolute Gasteiger partial charge is 0.493 e. The van der Waals surface area contributed by atoms with Gasteiger partial charge >= 0.3 is 0 Å². The van der Waals surface area contributed by atoms with Crippen molar-refractivity contribution in [2.75, 3.05) is 12.4 Å². The molecule has 4 nitrogen and oxygen atoms in total. The van der Waals surface area contributed by atoms with Gasteiger partial charge in [-0.05, 0) is 36.4 Å². The monoisotopic (exact) mass is 307 g/mol. The number of ether oxygens (including phenoxy) is 1. The van der Waals surface area contributed by atoms with Crippen molar-refractivity contribution >= 4 is 29.2 Å². The number of hydrogen-bond donors (Lipinski definition) is 2. The summed E-state index contributed by atoms with van der Waals surface area (Å²) in [6, 6.07) is 10.8. The van der Waals surface area contributed by atoms with Gasteiger partial charge in [-0.1, -0.05) is 11.6 Å². The Balaban J connectivity index is 1.79. The van der Waals surface area contributed by atoms with Crippen LogP contribution >= 0.6 is 23.4 Å². The smallest absolute Gasteiger partial charge is 0.122 e. The zero-order chi connectivity index (χ0) is 14.4. The Morgan fingerprint density at radius 1 is 1.30 bits per heavy atom. The van der Waals surface area contributed by atoms with Crippen molar-refractivity contribution in [3.8, 4) is 5.75 Å². The Kier molecular flexibility index (Phi) is 5.26. The minimum atomic E-state index is 0.0527. The van der Waals surface area contributed by atoms with Crippen LogP contribution in [0.1, 0.15) is 5.56 Å². The van der Waals surface area contributed by atoms with Crippen molar-refractivity contribution in [2.24, 2.45) is 5.73 Å². The number of hydrogen-bond acceptors (Lipinski definition) is 4. The highest BCUT2D eigenvalue weighted by Gasteiger charge is 2.02. The zero-order valence-corrected chi connectivity index (χ0v) is 12.2. The fourth-order valence-corrected chi connectivity index (χ4v) is 2.49. The molecule has 0 saturated carbocycles. The van der Waals surface area contributed by atoms with E-state index in [-0.39, 0.29) is 5.84 Å². The molecule has 0 atom stereocenters. The summed E-state index contributed by atoms with van der Waals surface area (Å²) in [6.07, 6.45) is 1.72. The first-order chi connectivity index (χ1) is 9.66. The maximum absolute atomic E-state index is 7.30. The Morgan fingerprint density at radius 3 is 2.70 bits per heavy atom. The molecule has 0 spiro atoms. The van der Waals surface area contributed by atoms with Crippen molar-refractivity contribution < 1.29 is 4.74 Å². The summed E-state index contributed by atoms with van der Waals surface area (Å²) < 4.78 is 5.60. The molecule has 0 radical (unpaired) electrons. The molecule has 0 saturated heterocycles. The third-order valence-corrected chi connectivity index (χ3v) is 3.87. The van der Waals surface area contributed by atoms with Crippen LogP contribution in [-0.2, 0) is 0 Å². The summed E-state index contributed by atoms with van der Waals surface area (Å²) in [4.78, 5) is 4.19. The van der Waals surface area contributed by atoms with E-state index >= 15 is 0 Å². The molecule has 0 aliphatic carbocycles. The van der Waals surface area contributed by atoms with Gasteiger partial charge in [-0.2, -0.15) is 0 Å². The van der Waals surface area contributed by atoms with Gasteiger partial charge in [0.15, 0.2) is 0 Å². The number of thioether (sulfide) groups is 1. The minimum absolute atomic E-state index is 0.0527. The molecule has 20 heavy (non-hydrogen) atoms. The molecule has 1 aromatic heterocycles. The topological polar surface area (TPSA) is 72.0 Å². The first-order valence-corrected chi connectivity index (χ1v) is 7.34. The van der Waals surface area contributed by atoms with Crippen LogP contribution in [0, 0.1) is 5.41 Å². The van der Waals surface area contributed by atoms with Crippen LogP contribution in [0.25, 0.3) is 0 Å². The normalized spacial score (nSPS) is 10.2. The van der Waals surface area contributed by atoms with Crippen LogP contribution < -0.4 is 10.5 Å². The molecule has 1 heterocycles. The fraction of sp³-hybridized carbons (Fsp3) is 0.143. The predicted octanol–water partition coefficient (Wildman–Crippen LogP) is 3.19. The molecule has 6 heteroatoms. The molecule has 0 fully saturated rings. The van der Waals surface area contributed by atoms with Gasteiger partial charge in [0.25, 0.3) is 0 Å². The summed E-state index contributed by atoms with van der Waals surface area (Å²) in [5.41, 5.74) is 6.07. The molecule has 0 bridgehead atoms. The third kappa shape index (κ3) is 4.15. The zero-order valence-electron chi connectivity index (χ0n) is 10.7. The number of aromatic nitrogens is 1. The number of nitrogens with zero attached hydrogens (tertiary/aromatic N) is 1. The van der Waals surface area contributed by atoms with Crippen LogP contribution in [0.4, 0.5) is 0 Å². The second kappa shape index (κ2) is 7.17. The van der Waals surface area contributed by atoms with Gasteiger partial charge in [-0.15, -0.1) is 11.8 Å². The summed E-state index contributed by atoms with van der Waals surface area (Å²) in [5.74, 6) is 1.56. The van der Waals surface area contributed by atoms with Crippen LogP contribution in [-0.4, -0.2) is 23.2 Å². The van der Waals surface area contributed by atoms with Gasteiger partial charge in [0, 0.05) is 17.5 Å². The number of pyridine rings is 1. The number of benzene rings is 1. The molecule has 0 amide bonds. The van der Waals surface area contributed by atoms with E-state index < -0.39 is 0 Å². The molecule has 0 aliphatic rings. The fourth-order valence-electron chi connectivity index (χ4n) is 1.51. The van der Waals surface area contributed by atoms with Crippen molar-refractivity contribution in [1.82, 2.24) is 4.98 Å². The maximum atomic E-state index is 7.30. The summed E-state index contributed by atoms with van der Waals surface area (Å²) in [6.45, 7) is 0.553. The van der Waals surface area contributed by atoms with E-state index in [1.165, 1.54) is 0 Å². The van der Waals surface area contributed by atoms with Crippen LogP contribution in [0.5, 0.6) is 5.75 Å². The lowest BCUT2D eigenvalue weighted by Gasteiger charge is -2.07. The van der Waals surface area contributed by atoms with Gasteiger partial charge < -0.3 is 10.5 Å². The van der Waals surface area contributed by atoms with E-state index in [1.54, 1.807) is 48.3 Å². The second-order valence-electron chi connectivity index (χ2n) is 3.93. The molecule has 104 valence electrons. The lowest BCUT2D eigenvalue weighted by molar-refractivity contribution is 0.344. The summed E-state index contributed by atoms with van der Waals surface area (Å²) in [5, 5.41) is 8.77. The molecular weight excluding hydrogens is 294 g/mol. The van der Waals surface area contributed by atoms with Gasteiger partial charge in [0.05, 0.1) is 11.6 Å². The second-order valence-corrected chi connectivity index (χ2v) is 5.42. The lowest BCUT2D eigenvalue weighted by atomic mass is 10.2. The molecule has 1 aromatic carbocycles. The van der Waals surface area contributed by atoms with Crippen LogP contribution in [0.3, 0.4) is 0 Å². The summed E-state index contributed by atoms with van der Waals surface area (Å²) in [7, 11) is 0. The quantitative estimate of drug-likeness (QED) is 0.372. The van der Waals surface area contributed by atoms with Gasteiger partial charge in [0.1, 0.15) is 16.6 Å². The van der Waals surface area contributed by atoms with Crippen molar-refractivity contribution in [3.63, 3.8) is 0 Å². The van der Waals surface area contributed by atoms with E-state index in [4.69, 9.17) is 27.5 Å². The number of nitrogen functional groups attached to an aromatic ring is 1. The van der Waals surface area contributed by atoms with Gasteiger partial charge in [-0.25, -0.2) is 4.98 Å². The Hall–Kier alpha value is -1.72. The third-order valence-electron chi connectivity index (χ3n) is 2.48. The molecule has 2 rings (SSSR count). The van der Waals surface area contributed by atoms with E-state index in [2.05, 4.69) is 4.98 Å². The predicted molar refractivity (Wildman–Crippen MR) is 82.9 cm³/mol. The van der Waals surface area contributed by atoms with Gasteiger partial charge in [0.2, 0.25) is 0 Å². The summed E-state index contributed by atoms with van der Waals surface area (Å²) >= 11 is 7.56. The lowest BCUT2D eigenvalue weighted by Crippen LogP contribution is -2.10. The van der Waals surface area contributed by atoms with Gasteiger partial charge in [-0.3, -0.25) is 5.41 Å². The SMILES string of the molecule is N=C(N)c1ccc(OCCSc2ncccc2Cl)cc1. The van der Waals surface area contributed by atoms with Crippen LogP contribution in [0.15, 0.2) is 47.6 Å². The highest BCUT2D eigenvalue weighted by atomic mass is 35.5. The maximum Gasteiger partial charge on any atom is 0.122 e. The number of nitrogens with one attached hydrogen (secondary N) is 1.